The van der Waals surface area contributed by atoms with Crippen LogP contribution in [0.2, 0.25) is 0 Å². The van der Waals surface area contributed by atoms with Gasteiger partial charge in [0.25, 0.3) is 11.8 Å². The summed E-state index contributed by atoms with van der Waals surface area (Å²) >= 11 is 9.97. The zero-order chi connectivity index (χ0) is 20.4. The lowest BCUT2D eigenvalue weighted by atomic mass is 10.1. The van der Waals surface area contributed by atoms with E-state index in [0.717, 1.165) is 4.47 Å². The fourth-order valence-electron chi connectivity index (χ4n) is 2.31. The van der Waals surface area contributed by atoms with Crippen LogP contribution in [-0.2, 0) is 14.4 Å². The Morgan fingerprint density at radius 2 is 1.29 bits per heavy atom. The van der Waals surface area contributed by atoms with E-state index in [9.17, 15) is 19.2 Å². The minimum absolute atomic E-state index is 0.0120. The van der Waals surface area contributed by atoms with Gasteiger partial charge in [-0.1, -0.05) is 15.9 Å². The van der Waals surface area contributed by atoms with Crippen molar-refractivity contribution in [1.82, 2.24) is 5.06 Å². The van der Waals surface area contributed by atoms with Gasteiger partial charge >= 0.3 is 11.9 Å². The Hall–Kier alpha value is -2.04. The second kappa shape index (κ2) is 8.54. The highest BCUT2D eigenvalue weighted by Gasteiger charge is 2.33. The Morgan fingerprint density at radius 3 is 1.79 bits per heavy atom. The summed E-state index contributed by atoms with van der Waals surface area (Å²) in [5, 5.41) is 0.465. The van der Waals surface area contributed by atoms with Crippen LogP contribution in [0.15, 0.2) is 49.8 Å². The lowest BCUT2D eigenvalue weighted by Crippen LogP contribution is -2.32. The van der Waals surface area contributed by atoms with Gasteiger partial charge in [-0.3, -0.25) is 9.59 Å². The monoisotopic (exact) mass is 573 g/mol. The number of carbonyl (C=O) groups excluding carboxylic acids is 4. The predicted octanol–water partition coefficient (Wildman–Crippen LogP) is 4.41. The first kappa shape index (κ1) is 20.7. The molecule has 10 heteroatoms. The van der Waals surface area contributed by atoms with Crippen molar-refractivity contribution >= 4 is 71.5 Å². The number of halogens is 3. The number of amides is 2. The van der Waals surface area contributed by atoms with Crippen molar-refractivity contribution in [1.29, 1.82) is 0 Å². The van der Waals surface area contributed by atoms with E-state index < -0.39 is 23.8 Å². The van der Waals surface area contributed by atoms with Crippen LogP contribution in [0.25, 0.3) is 0 Å². The summed E-state index contributed by atoms with van der Waals surface area (Å²) in [7, 11) is 0. The van der Waals surface area contributed by atoms with Gasteiger partial charge in [-0.25, -0.2) is 9.59 Å². The summed E-state index contributed by atoms with van der Waals surface area (Å²) in [6, 6.07) is 8.91. The molecule has 1 heterocycles. The molecule has 2 amide bonds. The molecular weight excluding hydrogens is 566 g/mol. The van der Waals surface area contributed by atoms with E-state index >= 15 is 0 Å². The Morgan fingerprint density at radius 1 is 0.821 bits per heavy atom. The van der Waals surface area contributed by atoms with Crippen molar-refractivity contribution in [2.24, 2.45) is 0 Å². The van der Waals surface area contributed by atoms with E-state index in [2.05, 4.69) is 47.8 Å². The molecule has 7 nitrogen and oxygen atoms in total. The number of hydrogen-bond acceptors (Lipinski definition) is 6. The number of hydrogen-bond donors (Lipinski definition) is 0. The van der Waals surface area contributed by atoms with Gasteiger partial charge in [0, 0.05) is 17.3 Å². The van der Waals surface area contributed by atoms with Crippen molar-refractivity contribution in [2.45, 2.75) is 12.8 Å². The van der Waals surface area contributed by atoms with Crippen molar-refractivity contribution in [3.63, 3.8) is 0 Å². The van der Waals surface area contributed by atoms with Gasteiger partial charge in [-0.15, -0.1) is 5.06 Å². The van der Waals surface area contributed by atoms with Crippen LogP contribution >= 0.6 is 47.8 Å². The third-order valence-corrected chi connectivity index (χ3v) is 5.33. The summed E-state index contributed by atoms with van der Waals surface area (Å²) in [5.74, 6) is -2.33. The molecular formula is C18H10Br3NO6. The molecule has 0 bridgehead atoms. The highest BCUT2D eigenvalue weighted by atomic mass is 79.9. The summed E-state index contributed by atoms with van der Waals surface area (Å²) in [6.07, 6.45) is 0.0239. The van der Waals surface area contributed by atoms with Gasteiger partial charge in [0.05, 0.1) is 20.1 Å². The molecule has 2 aromatic carbocycles. The van der Waals surface area contributed by atoms with Crippen LogP contribution in [-0.4, -0.2) is 28.8 Å². The highest BCUT2D eigenvalue weighted by Crippen LogP contribution is 2.36. The number of imide groups is 1. The predicted molar refractivity (Wildman–Crippen MR) is 107 cm³/mol. The van der Waals surface area contributed by atoms with E-state index in [4.69, 9.17) is 9.57 Å². The first-order valence-electron chi connectivity index (χ1n) is 7.81. The number of carbonyl (C=O) groups is 4. The van der Waals surface area contributed by atoms with Crippen molar-refractivity contribution < 1.29 is 28.8 Å². The van der Waals surface area contributed by atoms with Crippen molar-refractivity contribution in [3.05, 3.63) is 60.9 Å². The number of rotatable bonds is 4. The molecule has 0 saturated carbocycles. The van der Waals surface area contributed by atoms with Gasteiger partial charge in [-0.05, 0) is 68.3 Å². The second-order valence-electron chi connectivity index (χ2n) is 5.63. The molecule has 0 aliphatic carbocycles. The standard InChI is InChI=1S/C18H10Br3NO6/c19-11-7-12(20)16(13(21)8-11)27-17(25)9-1-3-10(4-2-9)18(26)28-22-14(23)5-6-15(22)24/h1-4,7-8H,5-6H2. The number of nitrogens with zero attached hydrogens (tertiary/aromatic N) is 1. The Bertz CT molecular complexity index is 950. The van der Waals surface area contributed by atoms with Gasteiger partial charge in [0.2, 0.25) is 0 Å². The lowest BCUT2D eigenvalue weighted by molar-refractivity contribution is -0.172. The maximum atomic E-state index is 12.4. The summed E-state index contributed by atoms with van der Waals surface area (Å²) in [5.41, 5.74) is 0.279. The highest BCUT2D eigenvalue weighted by molar-refractivity contribution is 9.11. The van der Waals surface area contributed by atoms with Crippen LogP contribution in [0, 0.1) is 0 Å². The maximum Gasteiger partial charge on any atom is 0.363 e. The quantitative estimate of drug-likeness (QED) is 0.305. The molecule has 1 aliphatic rings. The van der Waals surface area contributed by atoms with E-state index in [1.165, 1.54) is 24.3 Å². The largest absolute Gasteiger partial charge is 0.421 e. The van der Waals surface area contributed by atoms with E-state index in [-0.39, 0.29) is 24.0 Å². The minimum atomic E-state index is -0.873. The molecule has 0 unspecified atom stereocenters. The van der Waals surface area contributed by atoms with Gasteiger partial charge in [0.1, 0.15) is 0 Å². The first-order chi connectivity index (χ1) is 13.3. The minimum Gasteiger partial charge on any atom is -0.421 e. The molecule has 1 saturated heterocycles. The summed E-state index contributed by atoms with van der Waals surface area (Å²) in [6.45, 7) is 0. The lowest BCUT2D eigenvalue weighted by Gasteiger charge is -2.12. The number of esters is 1. The first-order valence-corrected chi connectivity index (χ1v) is 10.2. The third kappa shape index (κ3) is 4.50. The van der Waals surface area contributed by atoms with E-state index in [0.29, 0.717) is 19.8 Å². The average Bonchev–Trinajstić information content (AvgIpc) is 2.96. The number of hydroxylamine groups is 2. The van der Waals surface area contributed by atoms with E-state index in [1.54, 1.807) is 12.1 Å². The fraction of sp³-hybridized carbons (Fsp3) is 0.111. The molecule has 28 heavy (non-hydrogen) atoms. The van der Waals surface area contributed by atoms with Crippen molar-refractivity contribution in [2.75, 3.05) is 0 Å². The summed E-state index contributed by atoms with van der Waals surface area (Å²) in [4.78, 5) is 52.3. The molecule has 0 spiro atoms. The third-order valence-electron chi connectivity index (χ3n) is 3.69. The Kier molecular flexibility index (Phi) is 6.31. The SMILES string of the molecule is O=C(Oc1c(Br)cc(Br)cc1Br)c1ccc(C(=O)ON2C(=O)CCC2=O)cc1. The Labute approximate surface area is 184 Å². The van der Waals surface area contributed by atoms with Crippen LogP contribution in [0.3, 0.4) is 0 Å². The second-order valence-corrected chi connectivity index (χ2v) is 8.25. The zero-order valence-corrected chi connectivity index (χ0v) is 18.7. The maximum absolute atomic E-state index is 12.4. The molecule has 2 aromatic rings. The van der Waals surface area contributed by atoms with Gasteiger partial charge < -0.3 is 9.57 Å². The van der Waals surface area contributed by atoms with Crippen molar-refractivity contribution in [3.8, 4) is 5.75 Å². The molecule has 0 N–H and O–H groups in total. The Balaban J connectivity index is 1.70. The zero-order valence-electron chi connectivity index (χ0n) is 13.9. The smallest absolute Gasteiger partial charge is 0.363 e. The van der Waals surface area contributed by atoms with Gasteiger partial charge in [0.15, 0.2) is 5.75 Å². The molecule has 0 radical (unpaired) electrons. The topological polar surface area (TPSA) is 90.0 Å². The molecule has 1 fully saturated rings. The fourth-order valence-corrected chi connectivity index (χ4v) is 4.73. The van der Waals surface area contributed by atoms with Gasteiger partial charge in [-0.2, -0.15) is 0 Å². The molecule has 144 valence electrons. The average molecular weight is 576 g/mol. The number of ether oxygens (including phenoxy) is 1. The van der Waals surface area contributed by atoms with Crippen LogP contribution in [0.4, 0.5) is 0 Å². The van der Waals surface area contributed by atoms with Crippen LogP contribution < -0.4 is 4.74 Å². The molecule has 1 aliphatic heterocycles. The van der Waals surface area contributed by atoms with Crippen LogP contribution in [0.5, 0.6) is 5.75 Å². The molecule has 0 aromatic heterocycles. The normalized spacial score (nSPS) is 13.6. The molecule has 3 rings (SSSR count). The van der Waals surface area contributed by atoms with Crippen LogP contribution in [0.1, 0.15) is 33.6 Å². The molecule has 0 atom stereocenters. The summed E-state index contributed by atoms with van der Waals surface area (Å²) < 4.78 is 7.32. The van der Waals surface area contributed by atoms with E-state index in [1.807, 2.05) is 0 Å². The number of benzene rings is 2.